The van der Waals surface area contributed by atoms with Crippen molar-refractivity contribution in [2.24, 2.45) is 5.92 Å². The van der Waals surface area contributed by atoms with Gasteiger partial charge < -0.3 is 14.6 Å². The highest BCUT2D eigenvalue weighted by atomic mass is 16.5. The number of H-pyrrole nitrogens is 1. The van der Waals surface area contributed by atoms with Gasteiger partial charge in [0.05, 0.1) is 18.6 Å². The maximum absolute atomic E-state index is 12.1. The number of carbonyl (C=O) groups excluding carboxylic acids is 2. The summed E-state index contributed by atoms with van der Waals surface area (Å²) in [5.74, 6) is -0.458. The second-order valence-corrected chi connectivity index (χ2v) is 4.53. The molecule has 1 fully saturated rings. The summed E-state index contributed by atoms with van der Waals surface area (Å²) >= 11 is 0. The summed E-state index contributed by atoms with van der Waals surface area (Å²) in [5.41, 5.74) is 0.220. The zero-order valence-corrected chi connectivity index (χ0v) is 10.7. The molecule has 0 spiro atoms. The first-order chi connectivity index (χ1) is 9.11. The molecular formula is C13H16N2O4. The highest BCUT2D eigenvalue weighted by molar-refractivity contribution is 5.94. The average molecular weight is 264 g/mol. The molecule has 2 rings (SSSR count). The van der Waals surface area contributed by atoms with E-state index in [0.29, 0.717) is 31.5 Å². The van der Waals surface area contributed by atoms with Crippen molar-refractivity contribution in [3.05, 3.63) is 34.2 Å². The fourth-order valence-electron chi connectivity index (χ4n) is 2.21. The van der Waals surface area contributed by atoms with Crippen LogP contribution in [0.15, 0.2) is 23.1 Å². The number of esters is 1. The van der Waals surface area contributed by atoms with Crippen molar-refractivity contribution in [3.8, 4) is 0 Å². The molecule has 1 amide bonds. The summed E-state index contributed by atoms with van der Waals surface area (Å²) in [7, 11) is 1.38. The molecule has 1 aromatic heterocycles. The van der Waals surface area contributed by atoms with Crippen molar-refractivity contribution in [1.29, 1.82) is 0 Å². The van der Waals surface area contributed by atoms with Gasteiger partial charge in [-0.3, -0.25) is 14.4 Å². The van der Waals surface area contributed by atoms with Gasteiger partial charge in [0.1, 0.15) is 0 Å². The molecule has 0 unspecified atom stereocenters. The smallest absolute Gasteiger partial charge is 0.308 e. The SMILES string of the molecule is COC(=O)C1CCN(C(=O)c2ccc(=O)[nH]c2)CC1. The first-order valence-corrected chi connectivity index (χ1v) is 6.17. The average Bonchev–Trinajstić information content (AvgIpc) is 2.46. The van der Waals surface area contributed by atoms with Gasteiger partial charge in [-0.1, -0.05) is 0 Å². The monoisotopic (exact) mass is 264 g/mol. The van der Waals surface area contributed by atoms with Crippen molar-refractivity contribution in [2.45, 2.75) is 12.8 Å². The zero-order valence-electron chi connectivity index (χ0n) is 10.7. The number of hydrogen-bond acceptors (Lipinski definition) is 4. The Balaban J connectivity index is 1.98. The molecule has 102 valence electrons. The van der Waals surface area contributed by atoms with Crippen LogP contribution >= 0.6 is 0 Å². The maximum Gasteiger partial charge on any atom is 0.308 e. The fraction of sp³-hybridized carbons (Fsp3) is 0.462. The molecule has 2 heterocycles. The number of likely N-dealkylation sites (tertiary alicyclic amines) is 1. The summed E-state index contributed by atoms with van der Waals surface area (Å²) in [6, 6.07) is 2.84. The standard InChI is InChI=1S/C13H16N2O4/c1-19-13(18)9-4-6-15(7-5-9)12(17)10-2-3-11(16)14-8-10/h2-3,8-9H,4-7H2,1H3,(H,14,16). The molecule has 0 saturated carbocycles. The number of carbonyl (C=O) groups is 2. The van der Waals surface area contributed by atoms with E-state index < -0.39 is 0 Å². The van der Waals surface area contributed by atoms with Crippen LogP contribution in [0.2, 0.25) is 0 Å². The van der Waals surface area contributed by atoms with Gasteiger partial charge in [0, 0.05) is 25.4 Å². The predicted octanol–water partition coefficient (Wildman–Crippen LogP) is 0.400. The minimum atomic E-state index is -0.235. The number of piperidine rings is 1. The largest absolute Gasteiger partial charge is 0.469 e. The van der Waals surface area contributed by atoms with Crippen LogP contribution in [-0.4, -0.2) is 42.0 Å². The molecule has 1 aliphatic heterocycles. The van der Waals surface area contributed by atoms with E-state index in [1.807, 2.05) is 0 Å². The van der Waals surface area contributed by atoms with Crippen LogP contribution in [0.1, 0.15) is 23.2 Å². The summed E-state index contributed by atoms with van der Waals surface area (Å²) in [5, 5.41) is 0. The fourth-order valence-corrected chi connectivity index (χ4v) is 2.21. The first kappa shape index (κ1) is 13.3. The number of aromatic amines is 1. The Kier molecular flexibility index (Phi) is 3.99. The van der Waals surface area contributed by atoms with Gasteiger partial charge in [0.2, 0.25) is 5.56 Å². The highest BCUT2D eigenvalue weighted by Gasteiger charge is 2.28. The molecule has 1 aromatic rings. The third kappa shape index (κ3) is 3.01. The summed E-state index contributed by atoms with van der Waals surface area (Å²) in [6.45, 7) is 1.05. The van der Waals surface area contributed by atoms with Crippen LogP contribution in [0.3, 0.4) is 0 Å². The number of methoxy groups -OCH3 is 1. The van der Waals surface area contributed by atoms with Gasteiger partial charge in [-0.25, -0.2) is 0 Å². The minimum absolute atomic E-state index is 0.121. The Bertz CT molecular complexity index is 509. The van der Waals surface area contributed by atoms with Gasteiger partial charge in [0.15, 0.2) is 0 Å². The molecule has 6 heteroatoms. The Hall–Kier alpha value is -2.11. The van der Waals surface area contributed by atoms with Crippen LogP contribution in [0.4, 0.5) is 0 Å². The highest BCUT2D eigenvalue weighted by Crippen LogP contribution is 2.19. The lowest BCUT2D eigenvalue weighted by Crippen LogP contribution is -2.40. The van der Waals surface area contributed by atoms with Crippen molar-refractivity contribution in [2.75, 3.05) is 20.2 Å². The lowest BCUT2D eigenvalue weighted by molar-refractivity contribution is -0.146. The molecule has 0 bridgehead atoms. The number of rotatable bonds is 2. The number of amides is 1. The van der Waals surface area contributed by atoms with Crippen LogP contribution in [0.25, 0.3) is 0 Å². The van der Waals surface area contributed by atoms with Crippen molar-refractivity contribution in [1.82, 2.24) is 9.88 Å². The van der Waals surface area contributed by atoms with E-state index in [2.05, 4.69) is 4.98 Å². The minimum Gasteiger partial charge on any atom is -0.469 e. The normalized spacial score (nSPS) is 16.2. The van der Waals surface area contributed by atoms with Gasteiger partial charge in [-0.2, -0.15) is 0 Å². The maximum atomic E-state index is 12.1. The van der Waals surface area contributed by atoms with E-state index in [1.165, 1.54) is 25.4 Å². The molecule has 0 radical (unpaired) electrons. The van der Waals surface area contributed by atoms with E-state index in [9.17, 15) is 14.4 Å². The quantitative estimate of drug-likeness (QED) is 0.784. The Labute approximate surface area is 110 Å². The van der Waals surface area contributed by atoms with Crippen LogP contribution in [0.5, 0.6) is 0 Å². The van der Waals surface area contributed by atoms with E-state index in [0.717, 1.165) is 0 Å². The number of hydrogen-bond donors (Lipinski definition) is 1. The number of ether oxygens (including phenoxy) is 1. The molecule has 0 aliphatic carbocycles. The molecule has 6 nitrogen and oxygen atoms in total. The molecule has 1 aliphatic rings. The Morgan fingerprint density at radius 2 is 2.00 bits per heavy atom. The zero-order chi connectivity index (χ0) is 13.8. The molecular weight excluding hydrogens is 248 g/mol. The lowest BCUT2D eigenvalue weighted by atomic mass is 9.96. The third-order valence-corrected chi connectivity index (χ3v) is 3.35. The van der Waals surface area contributed by atoms with Gasteiger partial charge in [0.25, 0.3) is 5.91 Å². The molecule has 1 N–H and O–H groups in total. The van der Waals surface area contributed by atoms with Crippen LogP contribution in [0, 0.1) is 5.92 Å². The summed E-state index contributed by atoms with van der Waals surface area (Å²) < 4.78 is 4.70. The third-order valence-electron chi connectivity index (χ3n) is 3.35. The number of nitrogens with zero attached hydrogens (tertiary/aromatic N) is 1. The molecule has 0 aromatic carbocycles. The van der Waals surface area contributed by atoms with Gasteiger partial charge in [-0.05, 0) is 18.9 Å². The Morgan fingerprint density at radius 1 is 1.32 bits per heavy atom. The van der Waals surface area contributed by atoms with Crippen molar-refractivity contribution in [3.63, 3.8) is 0 Å². The number of aromatic nitrogens is 1. The Morgan fingerprint density at radius 3 is 2.53 bits per heavy atom. The van der Waals surface area contributed by atoms with E-state index in [1.54, 1.807) is 4.90 Å². The lowest BCUT2D eigenvalue weighted by Gasteiger charge is -2.30. The summed E-state index contributed by atoms with van der Waals surface area (Å²) in [4.78, 5) is 38.6. The van der Waals surface area contributed by atoms with Crippen molar-refractivity contribution >= 4 is 11.9 Å². The van der Waals surface area contributed by atoms with E-state index in [4.69, 9.17) is 4.74 Å². The molecule has 1 saturated heterocycles. The van der Waals surface area contributed by atoms with Gasteiger partial charge in [-0.15, -0.1) is 0 Å². The van der Waals surface area contributed by atoms with Crippen LogP contribution < -0.4 is 5.56 Å². The topological polar surface area (TPSA) is 79.5 Å². The second-order valence-electron chi connectivity index (χ2n) is 4.53. The summed E-state index contributed by atoms with van der Waals surface area (Å²) in [6.07, 6.45) is 2.64. The first-order valence-electron chi connectivity index (χ1n) is 6.17. The second kappa shape index (κ2) is 5.69. The van der Waals surface area contributed by atoms with E-state index in [-0.39, 0.29) is 23.4 Å². The van der Waals surface area contributed by atoms with Crippen LogP contribution in [-0.2, 0) is 9.53 Å². The molecule has 0 atom stereocenters. The number of nitrogens with one attached hydrogen (secondary N) is 1. The van der Waals surface area contributed by atoms with Crippen molar-refractivity contribution < 1.29 is 14.3 Å². The van der Waals surface area contributed by atoms with E-state index >= 15 is 0 Å². The van der Waals surface area contributed by atoms with Gasteiger partial charge >= 0.3 is 5.97 Å². The number of pyridine rings is 1. The predicted molar refractivity (Wildman–Crippen MR) is 67.7 cm³/mol. The molecule has 19 heavy (non-hydrogen) atoms.